The van der Waals surface area contributed by atoms with Crippen LogP contribution in [0.15, 0.2) is 36.9 Å². The number of carbonyl (C=O) groups is 1. The van der Waals surface area contributed by atoms with Gasteiger partial charge in [0.05, 0.1) is 17.6 Å². The zero-order chi connectivity index (χ0) is 14.7. The van der Waals surface area contributed by atoms with Gasteiger partial charge in [0, 0.05) is 25.0 Å². The standard InChI is InChI=1S/C16H20N4O.2ClH/c1-12-4-5-15(20-8-7-18-11-20)14(9-12)16(21)19-13-3-2-6-17-10-13;;/h4-5,7-9,11,13,17H,2-3,6,10H2,1H3,(H,19,21);2*1H/t13-;;/m0../s1. The first-order valence-electron chi connectivity index (χ1n) is 7.34. The van der Waals surface area contributed by atoms with Crippen LogP contribution < -0.4 is 10.6 Å². The van der Waals surface area contributed by atoms with E-state index in [9.17, 15) is 4.79 Å². The van der Waals surface area contributed by atoms with Crippen LogP contribution >= 0.6 is 24.8 Å². The molecule has 1 fully saturated rings. The maximum atomic E-state index is 12.6. The maximum absolute atomic E-state index is 12.6. The van der Waals surface area contributed by atoms with Gasteiger partial charge in [0.1, 0.15) is 0 Å². The Bertz CT molecular complexity index is 625. The van der Waals surface area contributed by atoms with Crippen LogP contribution in [0.25, 0.3) is 5.69 Å². The molecule has 1 aliphatic heterocycles. The third-order valence-corrected chi connectivity index (χ3v) is 3.81. The SMILES string of the molecule is Cc1ccc(-n2ccnc2)c(C(=O)N[C@H]2CCCNC2)c1.Cl.Cl. The van der Waals surface area contributed by atoms with E-state index < -0.39 is 0 Å². The van der Waals surface area contributed by atoms with Crippen molar-refractivity contribution in [3.63, 3.8) is 0 Å². The van der Waals surface area contributed by atoms with Crippen molar-refractivity contribution in [1.29, 1.82) is 0 Å². The molecule has 0 unspecified atom stereocenters. The second kappa shape index (κ2) is 8.91. The number of benzene rings is 1. The van der Waals surface area contributed by atoms with Crippen LogP contribution in [0.2, 0.25) is 0 Å². The average Bonchev–Trinajstić information content (AvgIpc) is 3.02. The van der Waals surface area contributed by atoms with E-state index in [4.69, 9.17) is 0 Å². The summed E-state index contributed by atoms with van der Waals surface area (Å²) in [5, 5.41) is 6.44. The smallest absolute Gasteiger partial charge is 0.253 e. The molecule has 1 aromatic carbocycles. The highest BCUT2D eigenvalue weighted by molar-refractivity contribution is 5.98. The van der Waals surface area contributed by atoms with Gasteiger partial charge in [0.25, 0.3) is 5.91 Å². The van der Waals surface area contributed by atoms with Gasteiger partial charge in [-0.05, 0) is 38.4 Å². The molecule has 1 aromatic heterocycles. The summed E-state index contributed by atoms with van der Waals surface area (Å²) in [5.41, 5.74) is 2.63. The fraction of sp³-hybridized carbons (Fsp3) is 0.375. The molecule has 0 aliphatic carbocycles. The summed E-state index contributed by atoms with van der Waals surface area (Å²) in [4.78, 5) is 16.7. The Labute approximate surface area is 148 Å². The molecule has 126 valence electrons. The molecule has 2 aromatic rings. The summed E-state index contributed by atoms with van der Waals surface area (Å²) in [5.74, 6) is -0.0175. The molecule has 0 spiro atoms. The van der Waals surface area contributed by atoms with E-state index >= 15 is 0 Å². The van der Waals surface area contributed by atoms with Gasteiger partial charge in [-0.1, -0.05) is 11.6 Å². The second-order valence-electron chi connectivity index (χ2n) is 5.51. The molecule has 0 bridgehead atoms. The van der Waals surface area contributed by atoms with Crippen LogP contribution in [0.3, 0.4) is 0 Å². The summed E-state index contributed by atoms with van der Waals surface area (Å²) < 4.78 is 1.87. The predicted octanol–water partition coefficient (Wildman–Crippen LogP) is 2.51. The number of nitrogens with one attached hydrogen (secondary N) is 2. The van der Waals surface area contributed by atoms with E-state index in [0.29, 0.717) is 5.56 Å². The average molecular weight is 357 g/mol. The van der Waals surface area contributed by atoms with Crippen molar-refractivity contribution in [2.24, 2.45) is 0 Å². The summed E-state index contributed by atoms with van der Waals surface area (Å²) >= 11 is 0. The summed E-state index contributed by atoms with van der Waals surface area (Å²) in [6.45, 7) is 3.88. The van der Waals surface area contributed by atoms with Crippen molar-refractivity contribution < 1.29 is 4.79 Å². The summed E-state index contributed by atoms with van der Waals surface area (Å²) in [7, 11) is 0. The molecular formula is C16H22Cl2N4O. The maximum Gasteiger partial charge on any atom is 0.253 e. The molecule has 2 N–H and O–H groups in total. The Hall–Kier alpha value is -1.56. The van der Waals surface area contributed by atoms with Gasteiger partial charge < -0.3 is 15.2 Å². The fourth-order valence-electron chi connectivity index (χ4n) is 2.70. The van der Waals surface area contributed by atoms with Crippen molar-refractivity contribution in [2.45, 2.75) is 25.8 Å². The van der Waals surface area contributed by atoms with Crippen molar-refractivity contribution in [3.8, 4) is 5.69 Å². The minimum absolute atomic E-state index is 0. The largest absolute Gasteiger partial charge is 0.348 e. The Kier molecular flexibility index (Phi) is 7.55. The van der Waals surface area contributed by atoms with E-state index in [-0.39, 0.29) is 36.8 Å². The fourth-order valence-corrected chi connectivity index (χ4v) is 2.70. The molecule has 0 radical (unpaired) electrons. The first-order valence-corrected chi connectivity index (χ1v) is 7.34. The normalized spacial score (nSPS) is 16.8. The zero-order valence-corrected chi connectivity index (χ0v) is 14.6. The third kappa shape index (κ3) is 4.70. The van der Waals surface area contributed by atoms with E-state index in [1.165, 1.54) is 0 Å². The number of amides is 1. The molecule has 1 atom stereocenters. The highest BCUT2D eigenvalue weighted by Gasteiger charge is 2.19. The molecule has 3 rings (SSSR count). The van der Waals surface area contributed by atoms with Gasteiger partial charge in [0.2, 0.25) is 0 Å². The lowest BCUT2D eigenvalue weighted by Crippen LogP contribution is -2.45. The number of halogens is 2. The zero-order valence-electron chi connectivity index (χ0n) is 13.0. The van der Waals surface area contributed by atoms with E-state index in [1.54, 1.807) is 12.5 Å². The van der Waals surface area contributed by atoms with Crippen molar-refractivity contribution in [1.82, 2.24) is 20.2 Å². The van der Waals surface area contributed by atoms with Crippen molar-refractivity contribution in [2.75, 3.05) is 13.1 Å². The number of rotatable bonds is 3. The molecule has 1 saturated heterocycles. The van der Waals surface area contributed by atoms with Crippen LogP contribution in [0.5, 0.6) is 0 Å². The topological polar surface area (TPSA) is 59.0 Å². The first kappa shape index (κ1) is 19.5. The number of carbonyl (C=O) groups excluding carboxylic acids is 1. The summed E-state index contributed by atoms with van der Waals surface area (Å²) in [6, 6.07) is 6.11. The molecule has 7 heteroatoms. The number of imidazole rings is 1. The lowest BCUT2D eigenvalue weighted by molar-refractivity contribution is 0.0930. The highest BCUT2D eigenvalue weighted by atomic mass is 35.5. The molecule has 0 saturated carbocycles. The van der Waals surface area contributed by atoms with Crippen LogP contribution in [0.1, 0.15) is 28.8 Å². The van der Waals surface area contributed by atoms with Gasteiger partial charge in [0.15, 0.2) is 0 Å². The number of piperidine rings is 1. The number of hydrogen-bond acceptors (Lipinski definition) is 3. The molecular weight excluding hydrogens is 335 g/mol. The number of aryl methyl sites for hydroxylation is 1. The van der Waals surface area contributed by atoms with Gasteiger partial charge >= 0.3 is 0 Å². The van der Waals surface area contributed by atoms with Crippen molar-refractivity contribution >= 4 is 30.7 Å². The van der Waals surface area contributed by atoms with Gasteiger partial charge in [-0.25, -0.2) is 4.98 Å². The lowest BCUT2D eigenvalue weighted by Gasteiger charge is -2.24. The monoisotopic (exact) mass is 356 g/mol. The third-order valence-electron chi connectivity index (χ3n) is 3.81. The Morgan fingerprint density at radius 1 is 1.39 bits per heavy atom. The Morgan fingerprint density at radius 2 is 2.22 bits per heavy atom. The van der Waals surface area contributed by atoms with E-state index in [0.717, 1.165) is 37.2 Å². The number of hydrogen-bond donors (Lipinski definition) is 2. The molecule has 1 aliphatic rings. The van der Waals surface area contributed by atoms with Crippen LogP contribution in [0, 0.1) is 6.92 Å². The number of nitrogens with zero attached hydrogens (tertiary/aromatic N) is 2. The lowest BCUT2D eigenvalue weighted by atomic mass is 10.0. The minimum atomic E-state index is -0.0175. The highest BCUT2D eigenvalue weighted by Crippen LogP contribution is 2.17. The first-order chi connectivity index (χ1) is 10.2. The molecule has 5 nitrogen and oxygen atoms in total. The minimum Gasteiger partial charge on any atom is -0.348 e. The van der Waals surface area contributed by atoms with E-state index in [1.807, 2.05) is 35.9 Å². The van der Waals surface area contributed by atoms with Crippen LogP contribution in [-0.2, 0) is 0 Å². The van der Waals surface area contributed by atoms with Gasteiger partial charge in [-0.3, -0.25) is 4.79 Å². The number of aromatic nitrogens is 2. The van der Waals surface area contributed by atoms with Crippen molar-refractivity contribution in [3.05, 3.63) is 48.0 Å². The summed E-state index contributed by atoms with van der Waals surface area (Å²) in [6.07, 6.45) is 7.41. The molecule has 2 heterocycles. The Balaban J connectivity index is 0.00000132. The van der Waals surface area contributed by atoms with Crippen LogP contribution in [0.4, 0.5) is 0 Å². The predicted molar refractivity (Wildman–Crippen MR) is 96.2 cm³/mol. The second-order valence-corrected chi connectivity index (χ2v) is 5.51. The van der Waals surface area contributed by atoms with Crippen LogP contribution in [-0.4, -0.2) is 34.6 Å². The quantitative estimate of drug-likeness (QED) is 0.888. The van der Waals surface area contributed by atoms with Gasteiger partial charge in [-0.15, -0.1) is 24.8 Å². The van der Waals surface area contributed by atoms with Gasteiger partial charge in [-0.2, -0.15) is 0 Å². The molecule has 1 amide bonds. The molecule has 23 heavy (non-hydrogen) atoms. The van der Waals surface area contributed by atoms with E-state index in [2.05, 4.69) is 15.6 Å². The Morgan fingerprint density at radius 3 is 2.87 bits per heavy atom.